The number of aliphatic hydroxyl groups excluding tert-OH is 1. The molecule has 0 aliphatic heterocycles. The van der Waals surface area contributed by atoms with Gasteiger partial charge in [-0.2, -0.15) is 0 Å². The van der Waals surface area contributed by atoms with Crippen LogP contribution >= 0.6 is 7.60 Å². The molecule has 0 spiro atoms. The first-order valence-corrected chi connectivity index (χ1v) is 12.5. The van der Waals surface area contributed by atoms with Crippen molar-refractivity contribution in [1.82, 2.24) is 4.72 Å². The van der Waals surface area contributed by atoms with Crippen molar-refractivity contribution in [3.8, 4) is 0 Å². The van der Waals surface area contributed by atoms with Gasteiger partial charge in [0.05, 0.1) is 29.1 Å². The average molecular weight is 472 g/mol. The van der Waals surface area contributed by atoms with Crippen LogP contribution in [0.15, 0.2) is 53.4 Å². The van der Waals surface area contributed by atoms with Gasteiger partial charge in [-0.25, -0.2) is 13.1 Å². The Kier molecular flexibility index (Phi) is 8.47. The van der Waals surface area contributed by atoms with E-state index in [9.17, 15) is 28.2 Å². The Morgan fingerprint density at radius 3 is 2.03 bits per heavy atom. The molecule has 0 amide bonds. The van der Waals surface area contributed by atoms with Gasteiger partial charge in [0, 0.05) is 12.1 Å². The number of nitrogens with zero attached hydrogens (tertiary/aromatic N) is 1. The van der Waals surface area contributed by atoms with E-state index < -0.39 is 34.4 Å². The fraction of sp³-hybridized carbons (Fsp3) is 0.368. The number of rotatable bonds is 11. The summed E-state index contributed by atoms with van der Waals surface area (Å²) in [6, 6.07) is 9.38. The van der Waals surface area contributed by atoms with E-state index in [1.165, 1.54) is 24.3 Å². The first-order valence-electron chi connectivity index (χ1n) is 9.44. The van der Waals surface area contributed by atoms with Crippen molar-refractivity contribution in [2.45, 2.75) is 37.6 Å². The molecule has 2 aromatic carbocycles. The van der Waals surface area contributed by atoms with Crippen molar-refractivity contribution < 1.29 is 32.1 Å². The van der Waals surface area contributed by atoms with Crippen molar-refractivity contribution in [2.24, 2.45) is 0 Å². The molecule has 2 atom stereocenters. The van der Waals surface area contributed by atoms with E-state index in [0.29, 0.717) is 0 Å². The van der Waals surface area contributed by atoms with Crippen LogP contribution in [0.4, 0.5) is 5.69 Å². The van der Waals surface area contributed by atoms with Crippen LogP contribution in [0.5, 0.6) is 0 Å². The zero-order chi connectivity index (χ0) is 23.2. The quantitative estimate of drug-likeness (QED) is 0.287. The summed E-state index contributed by atoms with van der Waals surface area (Å²) in [5.74, 6) is -1.91. The normalized spacial score (nSPS) is 14.2. The number of aryl methyl sites for hydroxylation is 1. The molecule has 0 unspecified atom stereocenters. The molecule has 2 aromatic rings. The summed E-state index contributed by atoms with van der Waals surface area (Å²) in [6.45, 7) is 4.80. The monoisotopic (exact) mass is 472 g/mol. The first kappa shape index (κ1) is 25.1. The predicted octanol–water partition coefficient (Wildman–Crippen LogP) is 3.51. The number of hydrogen-bond acceptors (Lipinski definition) is 8. The third-order valence-electron chi connectivity index (χ3n) is 4.32. The molecule has 0 heterocycles. The predicted molar refractivity (Wildman–Crippen MR) is 114 cm³/mol. The molecule has 10 nitrogen and oxygen atoms in total. The summed E-state index contributed by atoms with van der Waals surface area (Å²) in [4.78, 5) is 10.3. The van der Waals surface area contributed by atoms with Gasteiger partial charge in [0.15, 0.2) is 5.85 Å². The van der Waals surface area contributed by atoms with Gasteiger partial charge in [-0.1, -0.05) is 29.8 Å². The Labute approximate surface area is 180 Å². The van der Waals surface area contributed by atoms with Gasteiger partial charge in [0.2, 0.25) is 10.0 Å². The van der Waals surface area contributed by atoms with Crippen molar-refractivity contribution in [3.63, 3.8) is 0 Å². The number of nitrogens with one attached hydrogen (secondary N) is 1. The second-order valence-corrected chi connectivity index (χ2v) is 10.4. The maximum absolute atomic E-state index is 13.1. The number of aliphatic hydroxyl groups is 1. The topological polar surface area (TPSA) is 145 Å². The average Bonchev–Trinajstić information content (AvgIpc) is 2.72. The highest BCUT2D eigenvalue weighted by Gasteiger charge is 2.42. The summed E-state index contributed by atoms with van der Waals surface area (Å²) in [5.41, 5.74) is 0.771. The highest BCUT2D eigenvalue weighted by Crippen LogP contribution is 2.55. The Hall–Kier alpha value is -2.14. The molecule has 2 N–H and O–H groups in total. The standard InChI is InChI=1S/C19H25N2O8PS/c1-4-28-30(25,29-5-2)19(22)18(15-8-10-16(11-9-15)21(23)24)20-31(26,27)17-12-6-14(3)7-13-17/h6-13,18-20,22H,4-5H2,1-3H3/t18-,19-/m0/s1. The van der Waals surface area contributed by atoms with Crippen LogP contribution in [0.2, 0.25) is 0 Å². The molecular weight excluding hydrogens is 447 g/mol. The van der Waals surface area contributed by atoms with E-state index >= 15 is 0 Å². The number of benzene rings is 2. The van der Waals surface area contributed by atoms with Gasteiger partial charge >= 0.3 is 7.60 Å². The lowest BCUT2D eigenvalue weighted by molar-refractivity contribution is -0.384. The minimum atomic E-state index is -4.16. The highest BCUT2D eigenvalue weighted by molar-refractivity contribution is 7.89. The smallest absolute Gasteiger partial charge is 0.360 e. The number of non-ortho nitro benzene ring substituents is 1. The Balaban J connectivity index is 2.52. The minimum absolute atomic E-state index is 0.0496. The summed E-state index contributed by atoms with van der Waals surface area (Å²) >= 11 is 0. The van der Waals surface area contributed by atoms with E-state index in [1.807, 2.05) is 0 Å². The van der Waals surface area contributed by atoms with Crippen LogP contribution in [-0.2, 0) is 23.6 Å². The molecule has 0 saturated heterocycles. The van der Waals surface area contributed by atoms with Gasteiger partial charge in [-0.3, -0.25) is 14.7 Å². The molecular formula is C19H25N2O8PS. The summed E-state index contributed by atoms with van der Waals surface area (Å²) in [6.07, 6.45) is 0. The van der Waals surface area contributed by atoms with Crippen molar-refractivity contribution in [3.05, 3.63) is 69.8 Å². The second-order valence-electron chi connectivity index (χ2n) is 6.55. The van der Waals surface area contributed by atoms with E-state index in [1.54, 1.807) is 32.9 Å². The lowest BCUT2D eigenvalue weighted by Crippen LogP contribution is -2.37. The minimum Gasteiger partial charge on any atom is -0.379 e. The Bertz CT molecular complexity index is 1030. The maximum Gasteiger partial charge on any atom is 0.360 e. The number of nitro groups is 1. The fourth-order valence-electron chi connectivity index (χ4n) is 2.79. The fourth-order valence-corrected chi connectivity index (χ4v) is 5.83. The third-order valence-corrected chi connectivity index (χ3v) is 7.96. The van der Waals surface area contributed by atoms with Crippen LogP contribution in [0, 0.1) is 17.0 Å². The number of sulfonamides is 1. The first-order chi connectivity index (χ1) is 14.5. The number of nitro benzene ring substituents is 1. The lowest BCUT2D eigenvalue weighted by Gasteiger charge is -2.29. The van der Waals surface area contributed by atoms with Crippen LogP contribution < -0.4 is 4.72 Å². The maximum atomic E-state index is 13.1. The molecule has 0 saturated carbocycles. The van der Waals surface area contributed by atoms with E-state index in [2.05, 4.69) is 4.72 Å². The molecule has 0 bridgehead atoms. The van der Waals surface area contributed by atoms with E-state index in [-0.39, 0.29) is 29.4 Å². The highest BCUT2D eigenvalue weighted by atomic mass is 32.2. The lowest BCUT2D eigenvalue weighted by atomic mass is 10.1. The van der Waals surface area contributed by atoms with Crippen LogP contribution in [0.25, 0.3) is 0 Å². The molecule has 0 radical (unpaired) electrons. The SMILES string of the molecule is CCOP(=O)(OCC)[C@H](O)[C@@H](NS(=O)(=O)c1ccc(C)cc1)c1ccc([N+](=O)[O-])cc1. The molecule has 12 heteroatoms. The molecule has 0 aliphatic rings. The summed E-state index contributed by atoms with van der Waals surface area (Å²) < 4.78 is 51.7. The zero-order valence-electron chi connectivity index (χ0n) is 17.3. The van der Waals surface area contributed by atoms with Crippen molar-refractivity contribution >= 4 is 23.3 Å². The van der Waals surface area contributed by atoms with Gasteiger partial charge < -0.3 is 14.2 Å². The molecule has 0 aliphatic carbocycles. The van der Waals surface area contributed by atoms with E-state index in [4.69, 9.17) is 9.05 Å². The van der Waals surface area contributed by atoms with Gasteiger partial charge in [0.25, 0.3) is 5.69 Å². The second kappa shape index (κ2) is 10.4. The molecule has 170 valence electrons. The van der Waals surface area contributed by atoms with Crippen LogP contribution in [0.3, 0.4) is 0 Å². The summed E-state index contributed by atoms with van der Waals surface area (Å²) in [7, 11) is -8.32. The van der Waals surface area contributed by atoms with Crippen LogP contribution in [-0.4, -0.2) is 37.5 Å². The largest absolute Gasteiger partial charge is 0.379 e. The Morgan fingerprint density at radius 2 is 1.58 bits per heavy atom. The van der Waals surface area contributed by atoms with Crippen molar-refractivity contribution in [2.75, 3.05) is 13.2 Å². The molecule has 31 heavy (non-hydrogen) atoms. The molecule has 2 rings (SSSR count). The molecule has 0 aromatic heterocycles. The zero-order valence-corrected chi connectivity index (χ0v) is 19.0. The van der Waals surface area contributed by atoms with Crippen molar-refractivity contribution in [1.29, 1.82) is 0 Å². The van der Waals surface area contributed by atoms with Crippen LogP contribution in [0.1, 0.15) is 31.0 Å². The van der Waals surface area contributed by atoms with Gasteiger partial charge in [0.1, 0.15) is 0 Å². The Morgan fingerprint density at radius 1 is 1.06 bits per heavy atom. The number of hydrogen-bond donors (Lipinski definition) is 2. The summed E-state index contributed by atoms with van der Waals surface area (Å²) in [5, 5.41) is 21.8. The van der Waals surface area contributed by atoms with Gasteiger partial charge in [-0.05, 0) is 38.5 Å². The van der Waals surface area contributed by atoms with Gasteiger partial charge in [-0.15, -0.1) is 0 Å². The molecule has 0 fully saturated rings. The third kappa shape index (κ3) is 6.19. The van der Waals surface area contributed by atoms with E-state index in [0.717, 1.165) is 17.7 Å².